The molecule has 0 radical (unpaired) electrons. The van der Waals surface area contributed by atoms with Crippen molar-refractivity contribution in [3.8, 4) is 0 Å². The molecule has 1 aromatic heterocycles. The van der Waals surface area contributed by atoms with Crippen LogP contribution < -0.4 is 10.2 Å². The molecule has 1 aliphatic rings. The van der Waals surface area contributed by atoms with E-state index >= 15 is 0 Å². The highest BCUT2D eigenvalue weighted by Crippen LogP contribution is 2.27. The molecular formula is C18H23N3. The van der Waals surface area contributed by atoms with E-state index in [9.17, 15) is 0 Å². The first-order chi connectivity index (χ1) is 10.3. The SMILES string of the molecule is CCCc1cc(CNC)cc(N2Cc3ccccc3C2)n1. The number of benzene rings is 1. The zero-order chi connectivity index (χ0) is 14.7. The number of anilines is 1. The lowest BCUT2D eigenvalue weighted by atomic mass is 10.1. The summed E-state index contributed by atoms with van der Waals surface area (Å²) in [5, 5.41) is 3.24. The topological polar surface area (TPSA) is 28.2 Å². The van der Waals surface area contributed by atoms with Crippen LogP contribution in [0.5, 0.6) is 0 Å². The van der Waals surface area contributed by atoms with Gasteiger partial charge >= 0.3 is 0 Å². The maximum Gasteiger partial charge on any atom is 0.129 e. The molecule has 0 atom stereocenters. The number of aryl methyl sites for hydroxylation is 1. The normalized spacial score (nSPS) is 13.5. The van der Waals surface area contributed by atoms with Gasteiger partial charge in [0.2, 0.25) is 0 Å². The average molecular weight is 281 g/mol. The minimum absolute atomic E-state index is 0.896. The molecule has 0 saturated heterocycles. The van der Waals surface area contributed by atoms with E-state index in [1.54, 1.807) is 0 Å². The van der Waals surface area contributed by atoms with Crippen molar-refractivity contribution < 1.29 is 0 Å². The molecule has 0 fully saturated rings. The number of nitrogens with one attached hydrogen (secondary N) is 1. The van der Waals surface area contributed by atoms with E-state index in [2.05, 4.69) is 53.5 Å². The number of fused-ring (bicyclic) bond motifs is 1. The summed E-state index contributed by atoms with van der Waals surface area (Å²) in [6.45, 7) is 5.04. The first-order valence-corrected chi connectivity index (χ1v) is 7.76. The van der Waals surface area contributed by atoms with Gasteiger partial charge in [-0.2, -0.15) is 0 Å². The first-order valence-electron chi connectivity index (χ1n) is 7.76. The van der Waals surface area contributed by atoms with Crippen molar-refractivity contribution in [2.45, 2.75) is 39.4 Å². The minimum Gasteiger partial charge on any atom is -0.348 e. The van der Waals surface area contributed by atoms with Crippen molar-refractivity contribution in [3.05, 3.63) is 58.8 Å². The van der Waals surface area contributed by atoms with Crippen LogP contribution in [-0.4, -0.2) is 12.0 Å². The van der Waals surface area contributed by atoms with E-state index in [-0.39, 0.29) is 0 Å². The molecular weight excluding hydrogens is 258 g/mol. The molecule has 3 rings (SSSR count). The van der Waals surface area contributed by atoms with Crippen molar-refractivity contribution in [2.75, 3.05) is 11.9 Å². The smallest absolute Gasteiger partial charge is 0.129 e. The summed E-state index contributed by atoms with van der Waals surface area (Å²) in [5.74, 6) is 1.11. The third-order valence-corrected chi connectivity index (χ3v) is 3.98. The molecule has 2 heterocycles. The van der Waals surface area contributed by atoms with Gasteiger partial charge in [0.15, 0.2) is 0 Å². The molecule has 21 heavy (non-hydrogen) atoms. The van der Waals surface area contributed by atoms with Crippen LogP contribution in [-0.2, 0) is 26.1 Å². The predicted octanol–water partition coefficient (Wildman–Crippen LogP) is 3.27. The Kier molecular flexibility index (Phi) is 4.20. The summed E-state index contributed by atoms with van der Waals surface area (Å²) in [6, 6.07) is 13.1. The van der Waals surface area contributed by atoms with Gasteiger partial charge in [-0.25, -0.2) is 4.98 Å². The lowest BCUT2D eigenvalue weighted by Gasteiger charge is -2.19. The molecule has 110 valence electrons. The third-order valence-electron chi connectivity index (χ3n) is 3.98. The fourth-order valence-electron chi connectivity index (χ4n) is 2.98. The Morgan fingerprint density at radius 1 is 1.14 bits per heavy atom. The number of hydrogen-bond donors (Lipinski definition) is 1. The van der Waals surface area contributed by atoms with Gasteiger partial charge in [-0.15, -0.1) is 0 Å². The zero-order valence-electron chi connectivity index (χ0n) is 12.9. The second-order valence-corrected chi connectivity index (χ2v) is 5.73. The van der Waals surface area contributed by atoms with Crippen LogP contribution in [0.1, 0.15) is 35.7 Å². The zero-order valence-corrected chi connectivity index (χ0v) is 12.9. The van der Waals surface area contributed by atoms with E-state index in [0.717, 1.165) is 38.3 Å². The summed E-state index contributed by atoms with van der Waals surface area (Å²) in [6.07, 6.45) is 2.18. The Balaban J connectivity index is 1.88. The Bertz CT molecular complexity index is 572. The van der Waals surface area contributed by atoms with Gasteiger partial charge in [0, 0.05) is 25.3 Å². The molecule has 0 unspecified atom stereocenters. The third kappa shape index (κ3) is 3.08. The van der Waals surface area contributed by atoms with Crippen LogP contribution in [0.25, 0.3) is 0 Å². The van der Waals surface area contributed by atoms with Crippen LogP contribution in [0.2, 0.25) is 0 Å². The minimum atomic E-state index is 0.896. The quantitative estimate of drug-likeness (QED) is 0.911. The van der Waals surface area contributed by atoms with Gasteiger partial charge < -0.3 is 10.2 Å². The number of pyridine rings is 1. The number of nitrogens with zero attached hydrogens (tertiary/aromatic N) is 2. The van der Waals surface area contributed by atoms with Crippen LogP contribution in [0.3, 0.4) is 0 Å². The Labute approximate surface area is 127 Å². The van der Waals surface area contributed by atoms with Gasteiger partial charge in [0.1, 0.15) is 5.82 Å². The maximum absolute atomic E-state index is 4.87. The van der Waals surface area contributed by atoms with E-state index in [0.29, 0.717) is 0 Å². The predicted molar refractivity (Wildman–Crippen MR) is 87.3 cm³/mol. The molecule has 1 N–H and O–H groups in total. The lowest BCUT2D eigenvalue weighted by Crippen LogP contribution is -2.17. The molecule has 0 bridgehead atoms. The molecule has 1 aromatic carbocycles. The van der Waals surface area contributed by atoms with Gasteiger partial charge in [-0.05, 0) is 42.3 Å². The second kappa shape index (κ2) is 6.27. The van der Waals surface area contributed by atoms with Crippen LogP contribution in [0, 0.1) is 0 Å². The standard InChI is InChI=1S/C18H23N3/c1-3-6-17-9-14(11-19-2)10-18(20-17)21-12-15-7-4-5-8-16(15)13-21/h4-5,7-10,19H,3,6,11-13H2,1-2H3. The number of rotatable bonds is 5. The fraction of sp³-hybridized carbons (Fsp3) is 0.389. The molecule has 2 aromatic rings. The van der Waals surface area contributed by atoms with E-state index < -0.39 is 0 Å². The van der Waals surface area contributed by atoms with E-state index in [1.807, 2.05) is 7.05 Å². The van der Waals surface area contributed by atoms with Crippen molar-refractivity contribution in [1.82, 2.24) is 10.3 Å². The Hall–Kier alpha value is -1.87. The highest BCUT2D eigenvalue weighted by Gasteiger charge is 2.20. The van der Waals surface area contributed by atoms with Crippen molar-refractivity contribution in [3.63, 3.8) is 0 Å². The van der Waals surface area contributed by atoms with Crippen molar-refractivity contribution in [1.29, 1.82) is 0 Å². The van der Waals surface area contributed by atoms with Crippen molar-refractivity contribution >= 4 is 5.82 Å². The van der Waals surface area contributed by atoms with Gasteiger partial charge in [0.05, 0.1) is 0 Å². The molecule has 0 aliphatic carbocycles. The molecule has 3 heteroatoms. The molecule has 3 nitrogen and oxygen atoms in total. The van der Waals surface area contributed by atoms with E-state index in [1.165, 1.54) is 22.4 Å². The number of hydrogen-bond acceptors (Lipinski definition) is 3. The fourth-order valence-corrected chi connectivity index (χ4v) is 2.98. The molecule has 1 aliphatic heterocycles. The van der Waals surface area contributed by atoms with Crippen molar-refractivity contribution in [2.24, 2.45) is 0 Å². The van der Waals surface area contributed by atoms with Crippen LogP contribution >= 0.6 is 0 Å². The summed E-state index contributed by atoms with van der Waals surface area (Å²) in [7, 11) is 1.99. The Morgan fingerprint density at radius 3 is 2.48 bits per heavy atom. The average Bonchev–Trinajstić information content (AvgIpc) is 2.92. The maximum atomic E-state index is 4.87. The highest BCUT2D eigenvalue weighted by molar-refractivity contribution is 5.49. The van der Waals surface area contributed by atoms with E-state index in [4.69, 9.17) is 4.98 Å². The van der Waals surface area contributed by atoms with Gasteiger partial charge in [-0.1, -0.05) is 37.6 Å². The molecule has 0 spiro atoms. The second-order valence-electron chi connectivity index (χ2n) is 5.73. The highest BCUT2D eigenvalue weighted by atomic mass is 15.2. The van der Waals surface area contributed by atoms with Gasteiger partial charge in [-0.3, -0.25) is 0 Å². The summed E-state index contributed by atoms with van der Waals surface area (Å²) < 4.78 is 0. The van der Waals surface area contributed by atoms with Crippen LogP contribution in [0.15, 0.2) is 36.4 Å². The summed E-state index contributed by atoms with van der Waals surface area (Å²) >= 11 is 0. The van der Waals surface area contributed by atoms with Crippen LogP contribution in [0.4, 0.5) is 5.82 Å². The molecule has 0 saturated carbocycles. The summed E-state index contributed by atoms with van der Waals surface area (Å²) in [4.78, 5) is 7.25. The van der Waals surface area contributed by atoms with Gasteiger partial charge in [0.25, 0.3) is 0 Å². The largest absolute Gasteiger partial charge is 0.348 e. The first kappa shape index (κ1) is 14.1. The summed E-state index contributed by atoms with van der Waals surface area (Å²) in [5.41, 5.74) is 5.38. The number of aromatic nitrogens is 1. The lowest BCUT2D eigenvalue weighted by molar-refractivity contribution is 0.790. The Morgan fingerprint density at radius 2 is 1.86 bits per heavy atom. The molecule has 0 amide bonds. The monoisotopic (exact) mass is 281 g/mol.